The van der Waals surface area contributed by atoms with E-state index in [1.54, 1.807) is 24.3 Å². The number of rotatable bonds is 6. The Balaban J connectivity index is 2.14. The largest absolute Gasteiger partial charge is 0.457 e. The number of ether oxygens (including phenoxy) is 1. The number of benzene rings is 2. The standard InChI is InChI=1S/C18H18FN3O5S/c1-28(24,25)27-12(10-23)9-14-13-4-2-3-5-16(13)26-17-7-6-11(19)8-15(17)18(14)21-22-20/h2-8,12,14,18,23H,9-10H2,1H3/t12-,14-,18-/m1/s1. The highest BCUT2D eigenvalue weighted by Crippen LogP contribution is 2.49. The number of halogens is 1. The molecule has 0 amide bonds. The summed E-state index contributed by atoms with van der Waals surface area (Å²) in [5.74, 6) is -0.351. The van der Waals surface area contributed by atoms with Crippen LogP contribution in [0.1, 0.15) is 29.5 Å². The zero-order valence-corrected chi connectivity index (χ0v) is 15.7. The second kappa shape index (κ2) is 8.15. The van der Waals surface area contributed by atoms with Crippen molar-refractivity contribution in [2.24, 2.45) is 5.11 Å². The molecule has 0 spiro atoms. The van der Waals surface area contributed by atoms with E-state index in [4.69, 9.17) is 14.5 Å². The van der Waals surface area contributed by atoms with Crippen LogP contribution in [0, 0.1) is 5.82 Å². The van der Waals surface area contributed by atoms with Crippen LogP contribution in [0.2, 0.25) is 0 Å². The summed E-state index contributed by atoms with van der Waals surface area (Å²) >= 11 is 0. The van der Waals surface area contributed by atoms with Crippen molar-refractivity contribution in [2.45, 2.75) is 24.5 Å². The molecule has 1 N–H and O–H groups in total. The zero-order chi connectivity index (χ0) is 20.3. The van der Waals surface area contributed by atoms with Gasteiger partial charge < -0.3 is 9.84 Å². The van der Waals surface area contributed by atoms with Gasteiger partial charge in [0.1, 0.15) is 23.4 Å². The maximum Gasteiger partial charge on any atom is 0.264 e. The third-order valence-electron chi connectivity index (χ3n) is 4.42. The number of fused-ring (bicyclic) bond motifs is 2. The summed E-state index contributed by atoms with van der Waals surface area (Å²) in [6.07, 6.45) is -0.182. The molecule has 148 valence electrons. The molecule has 0 unspecified atom stereocenters. The second-order valence-electron chi connectivity index (χ2n) is 6.42. The van der Waals surface area contributed by atoms with E-state index in [9.17, 15) is 17.9 Å². The molecule has 0 aromatic heterocycles. The monoisotopic (exact) mass is 407 g/mol. The van der Waals surface area contributed by atoms with Gasteiger partial charge in [0.15, 0.2) is 0 Å². The number of para-hydroxylation sites is 1. The first-order chi connectivity index (χ1) is 13.3. The molecule has 2 aromatic carbocycles. The molecular weight excluding hydrogens is 389 g/mol. The molecule has 0 radical (unpaired) electrons. The molecule has 0 saturated carbocycles. The van der Waals surface area contributed by atoms with E-state index >= 15 is 0 Å². The molecule has 0 aliphatic carbocycles. The molecule has 1 aliphatic heterocycles. The van der Waals surface area contributed by atoms with Crippen molar-refractivity contribution in [1.82, 2.24) is 0 Å². The van der Waals surface area contributed by atoms with E-state index in [2.05, 4.69) is 10.0 Å². The van der Waals surface area contributed by atoms with Crippen LogP contribution < -0.4 is 4.74 Å². The van der Waals surface area contributed by atoms with Gasteiger partial charge in [0.05, 0.1) is 18.9 Å². The molecule has 2 aromatic rings. The fraction of sp³-hybridized carbons (Fsp3) is 0.333. The van der Waals surface area contributed by atoms with Crippen molar-refractivity contribution in [2.75, 3.05) is 12.9 Å². The maximum absolute atomic E-state index is 13.9. The summed E-state index contributed by atoms with van der Waals surface area (Å²) in [5, 5.41) is 13.4. The quantitative estimate of drug-likeness (QED) is 0.338. The molecule has 1 heterocycles. The van der Waals surface area contributed by atoms with Crippen molar-refractivity contribution < 1.29 is 26.8 Å². The van der Waals surface area contributed by atoms with Gasteiger partial charge in [0, 0.05) is 16.4 Å². The summed E-state index contributed by atoms with van der Waals surface area (Å²) < 4.78 is 47.8. The fourth-order valence-corrected chi connectivity index (χ4v) is 3.99. The van der Waals surface area contributed by atoms with Gasteiger partial charge in [-0.15, -0.1) is 0 Å². The van der Waals surface area contributed by atoms with E-state index in [-0.39, 0.29) is 6.42 Å². The molecule has 1 aliphatic rings. The fourth-order valence-electron chi connectivity index (χ4n) is 3.36. The van der Waals surface area contributed by atoms with Crippen LogP contribution >= 0.6 is 0 Å². The van der Waals surface area contributed by atoms with Gasteiger partial charge in [0.25, 0.3) is 10.1 Å². The zero-order valence-electron chi connectivity index (χ0n) is 14.9. The van der Waals surface area contributed by atoms with E-state index in [0.717, 1.165) is 6.26 Å². The number of aliphatic hydroxyl groups excluding tert-OH is 1. The van der Waals surface area contributed by atoms with Crippen molar-refractivity contribution >= 4 is 10.1 Å². The summed E-state index contributed by atoms with van der Waals surface area (Å²) in [7, 11) is -3.82. The molecule has 10 heteroatoms. The normalized spacial score (nSPS) is 19.4. The topological polar surface area (TPSA) is 122 Å². The summed E-state index contributed by atoms with van der Waals surface area (Å²) in [5.41, 5.74) is 10.1. The second-order valence-corrected chi connectivity index (χ2v) is 8.02. The highest BCUT2D eigenvalue weighted by atomic mass is 32.2. The Morgan fingerprint density at radius 2 is 2.00 bits per heavy atom. The van der Waals surface area contributed by atoms with Gasteiger partial charge in [-0.3, -0.25) is 4.18 Å². The molecule has 8 nitrogen and oxygen atoms in total. The van der Waals surface area contributed by atoms with Crippen LogP contribution in [0.25, 0.3) is 10.4 Å². The van der Waals surface area contributed by atoms with E-state index in [0.29, 0.717) is 22.6 Å². The minimum absolute atomic E-state index is 0.00355. The van der Waals surface area contributed by atoms with Crippen LogP contribution in [0.15, 0.2) is 47.6 Å². The van der Waals surface area contributed by atoms with E-state index in [1.807, 2.05) is 0 Å². The number of nitrogens with zero attached hydrogens (tertiary/aromatic N) is 3. The highest BCUT2D eigenvalue weighted by Gasteiger charge is 2.35. The smallest absolute Gasteiger partial charge is 0.264 e. The average molecular weight is 407 g/mol. The lowest BCUT2D eigenvalue weighted by Gasteiger charge is -2.26. The molecular formula is C18H18FN3O5S. The van der Waals surface area contributed by atoms with Crippen molar-refractivity contribution in [3.05, 3.63) is 69.9 Å². The Morgan fingerprint density at radius 1 is 1.29 bits per heavy atom. The SMILES string of the molecule is CS(=O)(=O)O[C@@H](CO)C[C@@H]1c2ccccc2Oc2ccc(F)cc2[C@@H]1N=[N+]=[N-]. The molecule has 28 heavy (non-hydrogen) atoms. The first-order valence-electron chi connectivity index (χ1n) is 8.42. The van der Waals surface area contributed by atoms with Gasteiger partial charge in [-0.05, 0) is 41.8 Å². The third kappa shape index (κ3) is 4.42. The number of hydrogen-bond donors (Lipinski definition) is 1. The first-order valence-corrected chi connectivity index (χ1v) is 10.2. The number of aliphatic hydroxyl groups is 1. The third-order valence-corrected chi connectivity index (χ3v) is 5.04. The van der Waals surface area contributed by atoms with Crippen LogP contribution in [-0.2, 0) is 14.3 Å². The predicted octanol–water partition coefficient (Wildman–Crippen LogP) is 3.79. The van der Waals surface area contributed by atoms with Crippen molar-refractivity contribution in [3.8, 4) is 11.5 Å². The predicted molar refractivity (Wildman–Crippen MR) is 99.0 cm³/mol. The van der Waals surface area contributed by atoms with Gasteiger partial charge in [-0.2, -0.15) is 8.42 Å². The van der Waals surface area contributed by atoms with Gasteiger partial charge in [0.2, 0.25) is 0 Å². The Bertz CT molecular complexity index is 1020. The summed E-state index contributed by atoms with van der Waals surface area (Å²) in [6, 6.07) is 9.97. The van der Waals surface area contributed by atoms with Gasteiger partial charge in [-0.25, -0.2) is 4.39 Å². The van der Waals surface area contributed by atoms with Crippen LogP contribution in [0.5, 0.6) is 11.5 Å². The van der Waals surface area contributed by atoms with Gasteiger partial charge >= 0.3 is 0 Å². The van der Waals surface area contributed by atoms with Crippen LogP contribution in [0.4, 0.5) is 4.39 Å². The Morgan fingerprint density at radius 3 is 2.68 bits per heavy atom. The lowest BCUT2D eigenvalue weighted by atomic mass is 9.83. The minimum atomic E-state index is -3.82. The molecule has 0 fully saturated rings. The molecule has 0 saturated heterocycles. The Labute approximate surface area is 161 Å². The molecule has 3 atom stereocenters. The lowest BCUT2D eigenvalue weighted by molar-refractivity contribution is 0.106. The van der Waals surface area contributed by atoms with Crippen LogP contribution in [0.3, 0.4) is 0 Å². The molecule has 3 rings (SSSR count). The Kier molecular flexibility index (Phi) is 5.85. The van der Waals surface area contributed by atoms with Crippen molar-refractivity contribution in [1.29, 1.82) is 0 Å². The lowest BCUT2D eigenvalue weighted by Crippen LogP contribution is -2.25. The van der Waals surface area contributed by atoms with Gasteiger partial charge in [-0.1, -0.05) is 23.3 Å². The maximum atomic E-state index is 13.9. The number of hydrogen-bond acceptors (Lipinski definition) is 6. The van der Waals surface area contributed by atoms with Crippen molar-refractivity contribution in [3.63, 3.8) is 0 Å². The molecule has 0 bridgehead atoms. The number of azide groups is 1. The minimum Gasteiger partial charge on any atom is -0.457 e. The van der Waals surface area contributed by atoms with Crippen LogP contribution in [-0.4, -0.2) is 32.5 Å². The first kappa shape index (κ1) is 20.1. The summed E-state index contributed by atoms with van der Waals surface area (Å²) in [4.78, 5) is 2.89. The summed E-state index contributed by atoms with van der Waals surface area (Å²) in [6.45, 7) is -0.564. The highest BCUT2D eigenvalue weighted by molar-refractivity contribution is 7.86. The Hall–Kier alpha value is -2.65. The van der Waals surface area contributed by atoms with E-state index in [1.165, 1.54) is 18.2 Å². The average Bonchev–Trinajstić information content (AvgIpc) is 2.76. The van der Waals surface area contributed by atoms with E-state index < -0.39 is 40.6 Å².